The lowest BCUT2D eigenvalue weighted by atomic mass is 10.1. The fourth-order valence-electron chi connectivity index (χ4n) is 2.49. The van der Waals surface area contributed by atoms with E-state index in [2.05, 4.69) is 25.1 Å². The molecule has 0 radical (unpaired) electrons. The molecule has 0 fully saturated rings. The molecule has 0 saturated carbocycles. The van der Waals surface area contributed by atoms with Gasteiger partial charge in [-0.3, -0.25) is 4.57 Å². The minimum atomic E-state index is 0.543. The van der Waals surface area contributed by atoms with Crippen LogP contribution in [0, 0.1) is 25.2 Å². The molecule has 0 aliphatic heterocycles. The Kier molecular flexibility index (Phi) is 3.62. The fourth-order valence-corrected chi connectivity index (χ4v) is 2.49. The molecule has 2 aromatic rings. The second kappa shape index (κ2) is 5.19. The third-order valence-corrected chi connectivity index (χ3v) is 3.61. The largest absolute Gasteiger partial charge is 0.384 e. The first-order valence-electron chi connectivity index (χ1n) is 6.57. The molecule has 0 atom stereocenters. The first kappa shape index (κ1) is 13.2. The minimum Gasteiger partial charge on any atom is -0.384 e. The quantitative estimate of drug-likeness (QED) is 0.910. The van der Waals surface area contributed by atoms with Crippen LogP contribution in [0.1, 0.15) is 35.7 Å². The number of aryl methyl sites for hydroxylation is 1. The van der Waals surface area contributed by atoms with Gasteiger partial charge in [0.15, 0.2) is 0 Å². The molecule has 3 heteroatoms. The molecule has 19 heavy (non-hydrogen) atoms. The lowest BCUT2D eigenvalue weighted by Gasteiger charge is -2.14. The highest BCUT2D eigenvalue weighted by atomic mass is 15.1. The van der Waals surface area contributed by atoms with Gasteiger partial charge in [-0.05, 0) is 37.5 Å². The van der Waals surface area contributed by atoms with Gasteiger partial charge in [-0.1, -0.05) is 31.5 Å². The fraction of sp³-hybridized carbons (Fsp3) is 0.312. The Hall–Kier alpha value is -2.21. The smallest absolute Gasteiger partial charge is 0.126 e. The normalized spacial score (nSPS) is 10.4. The molecular weight excluding hydrogens is 234 g/mol. The van der Waals surface area contributed by atoms with E-state index in [4.69, 9.17) is 5.73 Å². The molecule has 0 aliphatic carbocycles. The molecule has 1 heterocycles. The first-order valence-corrected chi connectivity index (χ1v) is 6.57. The maximum atomic E-state index is 9.21. The van der Waals surface area contributed by atoms with Crippen molar-refractivity contribution in [3.63, 3.8) is 0 Å². The molecule has 0 saturated heterocycles. The summed E-state index contributed by atoms with van der Waals surface area (Å²) in [5, 5.41) is 9.21. The van der Waals surface area contributed by atoms with Gasteiger partial charge in [0.2, 0.25) is 0 Å². The summed E-state index contributed by atoms with van der Waals surface area (Å²) in [6, 6.07) is 10.4. The van der Waals surface area contributed by atoms with E-state index in [-0.39, 0.29) is 0 Å². The Morgan fingerprint density at radius 1 is 1.26 bits per heavy atom. The topological polar surface area (TPSA) is 54.7 Å². The highest BCUT2D eigenvalue weighted by Crippen LogP contribution is 2.29. The SMILES string of the molecule is CCCc1ccccc1-n1c(C)c(C)c(C#N)c1N. The Balaban J connectivity index is 2.70. The molecule has 2 N–H and O–H groups in total. The number of anilines is 1. The third-order valence-electron chi connectivity index (χ3n) is 3.61. The molecule has 1 aromatic heterocycles. The van der Waals surface area contributed by atoms with Crippen LogP contribution >= 0.6 is 0 Å². The standard InChI is InChI=1S/C16H19N3/c1-4-7-13-8-5-6-9-15(13)19-12(3)11(2)14(10-17)16(19)18/h5-6,8-9H,4,7,18H2,1-3H3. The van der Waals surface area contributed by atoms with E-state index in [0.29, 0.717) is 11.4 Å². The first-order chi connectivity index (χ1) is 9.11. The minimum absolute atomic E-state index is 0.543. The Labute approximate surface area is 114 Å². The number of rotatable bonds is 3. The van der Waals surface area contributed by atoms with Gasteiger partial charge in [-0.15, -0.1) is 0 Å². The Morgan fingerprint density at radius 3 is 2.53 bits per heavy atom. The van der Waals surface area contributed by atoms with E-state index >= 15 is 0 Å². The zero-order valence-electron chi connectivity index (χ0n) is 11.7. The molecule has 1 aromatic carbocycles. The number of nitriles is 1. The van der Waals surface area contributed by atoms with Crippen LogP contribution < -0.4 is 5.73 Å². The summed E-state index contributed by atoms with van der Waals surface area (Å²) < 4.78 is 2.00. The van der Waals surface area contributed by atoms with Gasteiger partial charge >= 0.3 is 0 Å². The zero-order valence-corrected chi connectivity index (χ0v) is 11.7. The molecule has 0 spiro atoms. The number of benzene rings is 1. The number of nitrogens with two attached hydrogens (primary N) is 1. The van der Waals surface area contributed by atoms with Crippen molar-refractivity contribution >= 4 is 5.82 Å². The molecule has 2 rings (SSSR count). The van der Waals surface area contributed by atoms with Gasteiger partial charge in [0.1, 0.15) is 11.9 Å². The molecule has 0 unspecified atom stereocenters. The van der Waals surface area contributed by atoms with Crippen molar-refractivity contribution in [1.82, 2.24) is 4.57 Å². The van der Waals surface area contributed by atoms with Gasteiger partial charge < -0.3 is 5.73 Å². The predicted molar refractivity (Wildman–Crippen MR) is 78.4 cm³/mol. The summed E-state index contributed by atoms with van der Waals surface area (Å²) in [5.41, 5.74) is 11.1. The third kappa shape index (κ3) is 2.10. The van der Waals surface area contributed by atoms with Crippen LogP contribution in [-0.4, -0.2) is 4.57 Å². The monoisotopic (exact) mass is 253 g/mol. The summed E-state index contributed by atoms with van der Waals surface area (Å²) in [4.78, 5) is 0. The second-order valence-electron chi connectivity index (χ2n) is 4.80. The van der Waals surface area contributed by atoms with Crippen LogP contribution in [0.2, 0.25) is 0 Å². The lowest BCUT2D eigenvalue weighted by molar-refractivity contribution is 0.893. The second-order valence-corrected chi connectivity index (χ2v) is 4.80. The Bertz CT molecular complexity index is 645. The van der Waals surface area contributed by atoms with Crippen molar-refractivity contribution in [3.05, 3.63) is 46.6 Å². The van der Waals surface area contributed by atoms with Crippen molar-refractivity contribution in [2.24, 2.45) is 0 Å². The molecule has 98 valence electrons. The van der Waals surface area contributed by atoms with Gasteiger partial charge in [-0.2, -0.15) is 5.26 Å². The summed E-state index contributed by atoms with van der Waals surface area (Å²) in [5.74, 6) is 0.543. The van der Waals surface area contributed by atoms with Crippen LogP contribution in [0.25, 0.3) is 5.69 Å². The number of para-hydroxylation sites is 1. The number of nitrogen functional groups attached to an aromatic ring is 1. The molecular formula is C16H19N3. The van der Waals surface area contributed by atoms with E-state index in [9.17, 15) is 5.26 Å². The van der Waals surface area contributed by atoms with E-state index in [1.807, 2.05) is 30.5 Å². The summed E-state index contributed by atoms with van der Waals surface area (Å²) in [7, 11) is 0. The van der Waals surface area contributed by atoms with Crippen molar-refractivity contribution in [2.75, 3.05) is 5.73 Å². The van der Waals surface area contributed by atoms with Crippen LogP contribution in [0.4, 0.5) is 5.82 Å². The summed E-state index contributed by atoms with van der Waals surface area (Å²) in [6.07, 6.45) is 2.09. The molecule has 0 bridgehead atoms. The van der Waals surface area contributed by atoms with Gasteiger partial charge in [-0.25, -0.2) is 0 Å². The van der Waals surface area contributed by atoms with Crippen LogP contribution in [-0.2, 0) is 6.42 Å². The van der Waals surface area contributed by atoms with Crippen molar-refractivity contribution in [2.45, 2.75) is 33.6 Å². The van der Waals surface area contributed by atoms with Crippen LogP contribution in [0.3, 0.4) is 0 Å². The average Bonchev–Trinajstić information content (AvgIpc) is 2.62. The molecule has 0 amide bonds. The van der Waals surface area contributed by atoms with Crippen LogP contribution in [0.15, 0.2) is 24.3 Å². The van der Waals surface area contributed by atoms with Crippen molar-refractivity contribution in [3.8, 4) is 11.8 Å². The summed E-state index contributed by atoms with van der Waals surface area (Å²) >= 11 is 0. The number of nitrogens with zero attached hydrogens (tertiary/aromatic N) is 2. The molecule has 0 aliphatic rings. The number of hydrogen-bond donors (Lipinski definition) is 1. The summed E-state index contributed by atoms with van der Waals surface area (Å²) in [6.45, 7) is 6.12. The van der Waals surface area contributed by atoms with E-state index in [1.54, 1.807) is 0 Å². The molecule has 3 nitrogen and oxygen atoms in total. The zero-order chi connectivity index (χ0) is 14.0. The van der Waals surface area contributed by atoms with Crippen molar-refractivity contribution < 1.29 is 0 Å². The predicted octanol–water partition coefficient (Wildman–Crippen LogP) is 3.50. The van der Waals surface area contributed by atoms with E-state index < -0.39 is 0 Å². The van der Waals surface area contributed by atoms with E-state index in [0.717, 1.165) is 29.8 Å². The maximum Gasteiger partial charge on any atom is 0.126 e. The average molecular weight is 253 g/mol. The van der Waals surface area contributed by atoms with Crippen LogP contribution in [0.5, 0.6) is 0 Å². The van der Waals surface area contributed by atoms with Crippen molar-refractivity contribution in [1.29, 1.82) is 5.26 Å². The number of aromatic nitrogens is 1. The van der Waals surface area contributed by atoms with Gasteiger partial charge in [0.25, 0.3) is 0 Å². The Morgan fingerprint density at radius 2 is 1.95 bits per heavy atom. The van der Waals surface area contributed by atoms with Gasteiger partial charge in [0, 0.05) is 5.69 Å². The highest BCUT2D eigenvalue weighted by molar-refractivity contribution is 5.63. The van der Waals surface area contributed by atoms with Gasteiger partial charge in [0.05, 0.1) is 11.3 Å². The highest BCUT2D eigenvalue weighted by Gasteiger charge is 2.17. The van der Waals surface area contributed by atoms with E-state index in [1.165, 1.54) is 5.56 Å². The number of hydrogen-bond acceptors (Lipinski definition) is 2. The maximum absolute atomic E-state index is 9.21. The lowest BCUT2D eigenvalue weighted by Crippen LogP contribution is -2.05.